The van der Waals surface area contributed by atoms with Gasteiger partial charge in [0.15, 0.2) is 0 Å². The lowest BCUT2D eigenvalue weighted by molar-refractivity contribution is -0.136. The number of benzene rings is 2. The lowest BCUT2D eigenvalue weighted by Crippen LogP contribution is -2.05. The Morgan fingerprint density at radius 3 is 2.50 bits per heavy atom. The molecule has 0 aliphatic rings. The molecular formula is C25H22N2O5. The summed E-state index contributed by atoms with van der Waals surface area (Å²) in [5.41, 5.74) is 2.97. The molecule has 0 saturated carbocycles. The van der Waals surface area contributed by atoms with Gasteiger partial charge in [-0.3, -0.25) is 9.78 Å². The first-order chi connectivity index (χ1) is 15.6. The molecular weight excluding hydrogens is 408 g/mol. The summed E-state index contributed by atoms with van der Waals surface area (Å²) >= 11 is 0. The van der Waals surface area contributed by atoms with Crippen molar-refractivity contribution in [2.24, 2.45) is 0 Å². The van der Waals surface area contributed by atoms with Gasteiger partial charge in [0.2, 0.25) is 5.89 Å². The normalized spacial score (nSPS) is 10.7. The number of ether oxygens (including phenoxy) is 2. The van der Waals surface area contributed by atoms with Crippen molar-refractivity contribution in [1.29, 1.82) is 0 Å². The van der Waals surface area contributed by atoms with Gasteiger partial charge in [-0.25, -0.2) is 4.98 Å². The average molecular weight is 430 g/mol. The van der Waals surface area contributed by atoms with Crippen LogP contribution in [-0.4, -0.2) is 21.0 Å². The van der Waals surface area contributed by atoms with Crippen molar-refractivity contribution in [3.05, 3.63) is 95.6 Å². The molecule has 2 aromatic heterocycles. The predicted molar refractivity (Wildman–Crippen MR) is 117 cm³/mol. The van der Waals surface area contributed by atoms with Crippen LogP contribution in [0.3, 0.4) is 0 Å². The van der Waals surface area contributed by atoms with Gasteiger partial charge in [0.25, 0.3) is 0 Å². The Hall–Kier alpha value is -4.13. The van der Waals surface area contributed by atoms with Gasteiger partial charge in [-0.2, -0.15) is 0 Å². The third kappa shape index (κ3) is 5.31. The van der Waals surface area contributed by atoms with Crippen LogP contribution in [-0.2, 0) is 24.4 Å². The van der Waals surface area contributed by atoms with Crippen LogP contribution in [0.2, 0.25) is 0 Å². The highest BCUT2D eigenvalue weighted by atomic mass is 16.5. The van der Waals surface area contributed by atoms with Crippen LogP contribution in [0.25, 0.3) is 11.5 Å². The van der Waals surface area contributed by atoms with E-state index in [1.807, 2.05) is 43.3 Å². The van der Waals surface area contributed by atoms with E-state index in [2.05, 4.69) is 9.97 Å². The van der Waals surface area contributed by atoms with E-state index in [0.717, 1.165) is 11.3 Å². The van der Waals surface area contributed by atoms with Gasteiger partial charge < -0.3 is 19.0 Å². The first-order valence-electron chi connectivity index (χ1n) is 10.1. The Bertz CT molecular complexity index is 1190. The zero-order valence-electron chi connectivity index (χ0n) is 17.5. The SMILES string of the molecule is Cc1oc(-c2ccccc2)nc1COc1ccc(COc2ccccc2CC(=O)O)nc1. The number of pyridine rings is 1. The average Bonchev–Trinajstić information content (AvgIpc) is 3.18. The Morgan fingerprint density at radius 1 is 0.969 bits per heavy atom. The molecule has 0 radical (unpaired) electrons. The minimum absolute atomic E-state index is 0.0934. The van der Waals surface area contributed by atoms with E-state index < -0.39 is 5.97 Å². The van der Waals surface area contributed by atoms with E-state index in [0.29, 0.717) is 34.4 Å². The van der Waals surface area contributed by atoms with Gasteiger partial charge in [0.1, 0.15) is 36.2 Å². The number of aryl methyl sites for hydroxylation is 1. The van der Waals surface area contributed by atoms with Crippen molar-refractivity contribution in [1.82, 2.24) is 9.97 Å². The molecule has 2 aromatic carbocycles. The summed E-state index contributed by atoms with van der Waals surface area (Å²) in [7, 11) is 0. The fraction of sp³-hybridized carbons (Fsp3) is 0.160. The molecule has 0 unspecified atom stereocenters. The Labute approximate surface area is 185 Å². The minimum Gasteiger partial charge on any atom is -0.487 e. The standard InChI is InChI=1S/C25H22N2O5/c1-17-22(27-25(32-17)18-7-3-2-4-8-18)16-30-21-12-11-20(26-14-21)15-31-23-10-6-5-9-19(23)13-24(28)29/h2-12,14H,13,15-16H2,1H3,(H,28,29). The van der Waals surface area contributed by atoms with Crippen LogP contribution < -0.4 is 9.47 Å². The summed E-state index contributed by atoms with van der Waals surface area (Å²) in [6.45, 7) is 2.35. The number of carbonyl (C=O) groups is 1. The summed E-state index contributed by atoms with van der Waals surface area (Å²) in [6, 6.07) is 20.4. The molecule has 2 heterocycles. The highest BCUT2D eigenvalue weighted by Crippen LogP contribution is 2.23. The zero-order valence-corrected chi connectivity index (χ0v) is 17.5. The number of carboxylic acids is 1. The van der Waals surface area contributed by atoms with Gasteiger partial charge in [0.05, 0.1) is 18.3 Å². The molecule has 0 aliphatic heterocycles. The summed E-state index contributed by atoms with van der Waals surface area (Å²) in [4.78, 5) is 19.9. The van der Waals surface area contributed by atoms with Crippen molar-refractivity contribution in [2.45, 2.75) is 26.6 Å². The van der Waals surface area contributed by atoms with E-state index in [-0.39, 0.29) is 19.6 Å². The number of hydrogen-bond donors (Lipinski definition) is 1. The third-order valence-electron chi connectivity index (χ3n) is 4.78. The quantitative estimate of drug-likeness (QED) is 0.406. The summed E-state index contributed by atoms with van der Waals surface area (Å²) < 4.78 is 17.3. The van der Waals surface area contributed by atoms with E-state index in [1.165, 1.54) is 0 Å². The maximum absolute atomic E-state index is 11.0. The van der Waals surface area contributed by atoms with Crippen molar-refractivity contribution >= 4 is 5.97 Å². The fourth-order valence-electron chi connectivity index (χ4n) is 3.10. The number of aliphatic carboxylic acids is 1. The van der Waals surface area contributed by atoms with Gasteiger partial charge in [-0.05, 0) is 37.3 Å². The molecule has 7 nitrogen and oxygen atoms in total. The Balaban J connectivity index is 1.34. The van der Waals surface area contributed by atoms with E-state index >= 15 is 0 Å². The smallest absolute Gasteiger partial charge is 0.307 e. The molecule has 0 bridgehead atoms. The van der Waals surface area contributed by atoms with Crippen LogP contribution in [0.15, 0.2) is 77.3 Å². The van der Waals surface area contributed by atoms with Gasteiger partial charge in [-0.1, -0.05) is 36.4 Å². The van der Waals surface area contributed by atoms with Crippen molar-refractivity contribution < 1.29 is 23.8 Å². The van der Waals surface area contributed by atoms with Crippen LogP contribution in [0, 0.1) is 6.92 Å². The first kappa shape index (κ1) is 21.1. The summed E-state index contributed by atoms with van der Waals surface area (Å²) in [5, 5.41) is 9.02. The lowest BCUT2D eigenvalue weighted by atomic mass is 10.1. The third-order valence-corrected chi connectivity index (χ3v) is 4.78. The lowest BCUT2D eigenvalue weighted by Gasteiger charge is -2.10. The minimum atomic E-state index is -0.904. The van der Waals surface area contributed by atoms with Crippen molar-refractivity contribution in [2.75, 3.05) is 0 Å². The Morgan fingerprint density at radius 2 is 1.75 bits per heavy atom. The number of nitrogens with zero attached hydrogens (tertiary/aromatic N) is 2. The fourth-order valence-corrected chi connectivity index (χ4v) is 3.10. The van der Waals surface area contributed by atoms with Gasteiger partial charge in [0, 0.05) is 11.1 Å². The molecule has 0 fully saturated rings. The number of aromatic nitrogens is 2. The number of carboxylic acid groups (broad SMARTS) is 1. The van der Waals surface area contributed by atoms with E-state index in [9.17, 15) is 4.79 Å². The first-order valence-corrected chi connectivity index (χ1v) is 10.1. The number of para-hydroxylation sites is 1. The largest absolute Gasteiger partial charge is 0.487 e. The maximum atomic E-state index is 11.0. The molecule has 7 heteroatoms. The highest BCUT2D eigenvalue weighted by molar-refractivity contribution is 5.71. The topological polar surface area (TPSA) is 94.7 Å². The van der Waals surface area contributed by atoms with E-state index in [4.69, 9.17) is 19.0 Å². The molecule has 162 valence electrons. The van der Waals surface area contributed by atoms with Gasteiger partial charge in [-0.15, -0.1) is 0 Å². The van der Waals surface area contributed by atoms with Crippen LogP contribution in [0.1, 0.15) is 22.7 Å². The molecule has 0 saturated heterocycles. The molecule has 32 heavy (non-hydrogen) atoms. The second-order valence-corrected chi connectivity index (χ2v) is 7.13. The van der Waals surface area contributed by atoms with E-state index in [1.54, 1.807) is 36.5 Å². The monoisotopic (exact) mass is 430 g/mol. The number of oxazole rings is 1. The summed E-state index contributed by atoms with van der Waals surface area (Å²) in [6.07, 6.45) is 1.53. The van der Waals surface area contributed by atoms with Crippen LogP contribution >= 0.6 is 0 Å². The summed E-state index contributed by atoms with van der Waals surface area (Å²) in [5.74, 6) is 1.51. The highest BCUT2D eigenvalue weighted by Gasteiger charge is 2.12. The molecule has 0 atom stereocenters. The van der Waals surface area contributed by atoms with Crippen LogP contribution in [0.4, 0.5) is 0 Å². The molecule has 0 amide bonds. The van der Waals surface area contributed by atoms with Crippen molar-refractivity contribution in [3.63, 3.8) is 0 Å². The number of rotatable bonds is 9. The van der Waals surface area contributed by atoms with Crippen molar-refractivity contribution in [3.8, 4) is 23.0 Å². The molecule has 0 spiro atoms. The second kappa shape index (κ2) is 9.78. The zero-order chi connectivity index (χ0) is 22.3. The second-order valence-electron chi connectivity index (χ2n) is 7.13. The molecule has 0 aliphatic carbocycles. The predicted octanol–water partition coefficient (Wildman–Crippen LogP) is 4.83. The van der Waals surface area contributed by atoms with Gasteiger partial charge >= 0.3 is 5.97 Å². The Kier molecular flexibility index (Phi) is 6.46. The number of hydrogen-bond acceptors (Lipinski definition) is 6. The van der Waals surface area contributed by atoms with Crippen LogP contribution in [0.5, 0.6) is 11.5 Å². The molecule has 4 rings (SSSR count). The molecule has 1 N–H and O–H groups in total. The maximum Gasteiger partial charge on any atom is 0.307 e. The molecule has 4 aromatic rings.